The second-order valence-electron chi connectivity index (χ2n) is 21.5. The molecule has 0 saturated carbocycles. The van der Waals surface area contributed by atoms with E-state index < -0.39 is 22.9 Å². The van der Waals surface area contributed by atoms with Gasteiger partial charge in [-0.2, -0.15) is 25.5 Å². The first-order valence-electron chi connectivity index (χ1n) is 27.6. The standard InChI is InChI=1S/2C16H18N4O2.C5H8N2.5C5H7N2.3Ce/c2*1-11-9-13(3)19(17-11)15(21)5-7-16(22,8-6-15)20-14(4)10-12(2)18-20;6*1-4-3-5(2)7-6-4;;;/h2*5-10H,1-4H3;3H,1-2H3,(H,6,7);5*3H,1-2H3;;;/q2*-2;;5*-1;3*+3. The van der Waals surface area contributed by atoms with E-state index in [1.54, 1.807) is 0 Å². The van der Waals surface area contributed by atoms with Gasteiger partial charge in [0.05, 0.1) is 28.5 Å². The SMILES string of the molecule is Cc1cc(C)[n-]n1.Cc1cc(C)[n-]n1.Cc1cc(C)[n-]n1.Cc1cc(C)[n-]n1.Cc1cc(C)[n-]n1.Cc1cc(C)[nH]n1.Cc1cc(C)n(C2([O-])C=CC([O-])(n3nc(C)cc3C)C=C2)n1.Cc1cc(C)n(C2([O-])C=CC([O-])(n3nc(C)cc3C)C=C2)n1.[Ce+3].[Ce+3].[Ce+3]. The maximum atomic E-state index is 12.9. The molecule has 0 atom stereocenters. The van der Waals surface area contributed by atoms with Gasteiger partial charge in [-0.25, -0.2) is 0 Å². The van der Waals surface area contributed by atoms with Crippen LogP contribution >= 0.6 is 0 Å². The molecule has 0 bridgehead atoms. The Morgan fingerprint density at radius 3 is 0.551 bits per heavy atom. The first kappa shape index (κ1) is 80.1. The van der Waals surface area contributed by atoms with E-state index in [0.29, 0.717) is 0 Å². The number of H-pyrrole nitrogens is 1. The molecule has 1 N–H and O–H groups in total. The zero-order chi connectivity index (χ0) is 63.9. The Labute approximate surface area is 623 Å². The Kier molecular flexibility index (Phi) is 32.2. The minimum absolute atomic E-state index is 0. The van der Waals surface area contributed by atoms with Crippen LogP contribution in [0.4, 0.5) is 0 Å². The minimum Gasteiger partial charge on any atom is -0.826 e. The number of nitrogens with one attached hydrogen (secondary N) is 1. The van der Waals surface area contributed by atoms with Crippen molar-refractivity contribution in [2.45, 2.75) is 161 Å². The molecule has 2 aliphatic carbocycles. The molecule has 0 unspecified atom stereocenters. The Morgan fingerprint density at radius 2 is 0.472 bits per heavy atom. The molecule has 0 amide bonds. The third-order valence-corrected chi connectivity index (χ3v) is 12.4. The normalized spacial score (nSPS) is 18.1. The minimum atomic E-state index is -1.68. The van der Waals surface area contributed by atoms with Crippen LogP contribution in [0.1, 0.15) is 114 Å². The van der Waals surface area contributed by atoms with Crippen LogP contribution in [-0.2, 0) is 22.9 Å². The number of aromatic nitrogens is 20. The van der Waals surface area contributed by atoms with Crippen LogP contribution in [0.3, 0.4) is 0 Å². The second-order valence-corrected chi connectivity index (χ2v) is 21.5. The van der Waals surface area contributed by atoms with Gasteiger partial charge >= 0.3 is 125 Å². The first-order valence-corrected chi connectivity index (χ1v) is 27.6. The van der Waals surface area contributed by atoms with E-state index in [9.17, 15) is 20.4 Å². The van der Waals surface area contributed by atoms with Crippen molar-refractivity contribution < 1.29 is 146 Å². The van der Waals surface area contributed by atoms with Crippen molar-refractivity contribution in [3.8, 4) is 0 Å². The third kappa shape index (κ3) is 24.5. The van der Waals surface area contributed by atoms with E-state index in [2.05, 4.69) is 81.6 Å². The third-order valence-electron chi connectivity index (χ3n) is 12.4. The molecule has 0 fully saturated rings. The summed E-state index contributed by atoms with van der Waals surface area (Å²) in [5.41, 5.74) is 11.5. The van der Waals surface area contributed by atoms with Crippen LogP contribution in [0.5, 0.6) is 0 Å². The molecule has 10 heterocycles. The Bertz CT molecular complexity index is 3180. The van der Waals surface area contributed by atoms with Gasteiger partial charge in [0.2, 0.25) is 0 Å². The fraction of sp³-hybridized carbons (Fsp3) is 0.387. The van der Waals surface area contributed by atoms with Crippen LogP contribution in [-0.4, -0.2) is 74.8 Å². The molecular formula is C62H79Ce3N20O4. The Morgan fingerprint density at radius 1 is 0.281 bits per heavy atom. The summed E-state index contributed by atoms with van der Waals surface area (Å²) >= 11 is 0. The van der Waals surface area contributed by atoms with Gasteiger partial charge in [-0.3, -0.25) is 23.8 Å². The van der Waals surface area contributed by atoms with E-state index in [0.717, 1.165) is 114 Å². The molecular weight excluding hydrogens is 1510 g/mol. The van der Waals surface area contributed by atoms with Crippen LogP contribution in [0, 0.1) is 264 Å². The van der Waals surface area contributed by atoms with Crippen molar-refractivity contribution in [1.29, 1.82) is 0 Å². The van der Waals surface area contributed by atoms with Crippen LogP contribution in [0.2, 0.25) is 0 Å². The molecule has 10 aromatic rings. The van der Waals surface area contributed by atoms with Gasteiger partial charge in [0.1, 0.15) is 0 Å². The molecule has 0 aromatic carbocycles. The van der Waals surface area contributed by atoms with Gasteiger partial charge < -0.3 is 71.4 Å². The number of rotatable bonds is 4. The van der Waals surface area contributed by atoms with Crippen LogP contribution < -0.4 is 45.9 Å². The molecule has 3 radical (unpaired) electrons. The average molecular weight is 1590 g/mol. The van der Waals surface area contributed by atoms with Crippen molar-refractivity contribution in [2.24, 2.45) is 0 Å². The smallest absolute Gasteiger partial charge is 0.826 e. The summed E-state index contributed by atoms with van der Waals surface area (Å²) < 4.78 is 5.54. The first-order chi connectivity index (χ1) is 40.2. The van der Waals surface area contributed by atoms with E-state index >= 15 is 0 Å². The number of hydrogen-bond acceptors (Lipinski definition) is 14. The van der Waals surface area contributed by atoms with E-state index in [1.807, 2.05) is 199 Å². The number of aromatic amines is 1. The molecule has 24 nitrogen and oxygen atoms in total. The maximum absolute atomic E-state index is 12.9. The second kappa shape index (κ2) is 35.7. The Hall–Kier alpha value is -4.97. The van der Waals surface area contributed by atoms with Gasteiger partial charge in [0.25, 0.3) is 0 Å². The summed E-state index contributed by atoms with van der Waals surface area (Å²) in [6.45, 7) is 37.9. The molecule has 12 rings (SSSR count). The molecule has 0 spiro atoms. The molecule has 463 valence electrons. The molecule has 0 saturated heterocycles. The van der Waals surface area contributed by atoms with Crippen molar-refractivity contribution >= 4 is 0 Å². The quantitative estimate of drug-likeness (QED) is 0.235. The zero-order valence-electron chi connectivity index (χ0n) is 54.5. The van der Waals surface area contributed by atoms with Crippen molar-refractivity contribution in [1.82, 2.24) is 100 Å². The van der Waals surface area contributed by atoms with Gasteiger partial charge in [0, 0.05) is 79.8 Å². The zero-order valence-corrected chi connectivity index (χ0v) is 63.9. The van der Waals surface area contributed by atoms with Gasteiger partial charge in [-0.15, -0.1) is 28.5 Å². The van der Waals surface area contributed by atoms with Crippen molar-refractivity contribution in [2.75, 3.05) is 0 Å². The Balaban J connectivity index is 0.000000369. The van der Waals surface area contributed by atoms with E-state index in [-0.39, 0.29) is 125 Å². The maximum Gasteiger partial charge on any atom is 3.00 e. The van der Waals surface area contributed by atoms with E-state index in [1.165, 1.54) is 67.3 Å². The molecule has 2 aliphatic rings. The van der Waals surface area contributed by atoms with Gasteiger partial charge in [0.15, 0.2) is 0 Å². The molecule has 10 aromatic heterocycles. The van der Waals surface area contributed by atoms with Crippen molar-refractivity contribution in [3.63, 3.8) is 0 Å². The summed E-state index contributed by atoms with van der Waals surface area (Å²) in [5.74, 6) is 0. The topological polar surface area (TPSA) is 327 Å². The van der Waals surface area contributed by atoms with Crippen molar-refractivity contribution in [3.05, 3.63) is 223 Å². The van der Waals surface area contributed by atoms with Crippen LogP contribution in [0.15, 0.2) is 109 Å². The summed E-state index contributed by atoms with van der Waals surface area (Å²) in [4.78, 5) is 0. The van der Waals surface area contributed by atoms with E-state index in [4.69, 9.17) is 0 Å². The summed E-state index contributed by atoms with van der Waals surface area (Å²) in [6, 6.07) is 19.1. The summed E-state index contributed by atoms with van der Waals surface area (Å²) in [7, 11) is 0. The van der Waals surface area contributed by atoms with Crippen LogP contribution in [0.25, 0.3) is 0 Å². The number of hydrogen-bond donors (Lipinski definition) is 1. The molecule has 27 heteroatoms. The van der Waals surface area contributed by atoms with Gasteiger partial charge in [-0.1, -0.05) is 114 Å². The molecule has 89 heavy (non-hydrogen) atoms. The van der Waals surface area contributed by atoms with Gasteiger partial charge in [-0.05, 0) is 134 Å². The monoisotopic (exact) mass is 1590 g/mol. The predicted octanol–water partition coefficient (Wildman–Crippen LogP) is 4.64. The average Bonchev–Trinajstić information content (AvgIpc) is 1.75. The fourth-order valence-electron chi connectivity index (χ4n) is 8.82. The predicted molar refractivity (Wildman–Crippen MR) is 318 cm³/mol. The summed E-state index contributed by atoms with van der Waals surface area (Å²) in [5, 5.41) is 113. The number of aryl methyl sites for hydroxylation is 20. The molecule has 0 aliphatic heterocycles. The number of nitrogens with zero attached hydrogens (tertiary/aromatic N) is 19. The largest absolute Gasteiger partial charge is 3.00 e. The fourth-order valence-corrected chi connectivity index (χ4v) is 8.82. The summed E-state index contributed by atoms with van der Waals surface area (Å²) in [6.07, 6.45) is 10.9.